The van der Waals surface area contributed by atoms with Crippen LogP contribution >= 0.6 is 23.2 Å². The minimum absolute atomic E-state index is 0.343. The van der Waals surface area contributed by atoms with Crippen molar-refractivity contribution in [2.24, 2.45) is 0 Å². The molecule has 1 aromatic rings. The fourth-order valence-electron chi connectivity index (χ4n) is 0.710. The molecule has 0 fully saturated rings. The highest BCUT2D eigenvalue weighted by molar-refractivity contribution is 6.34. The van der Waals surface area contributed by atoms with E-state index in [4.69, 9.17) is 23.2 Å². The van der Waals surface area contributed by atoms with Gasteiger partial charge in [0.15, 0.2) is 0 Å². The van der Waals surface area contributed by atoms with Gasteiger partial charge in [0.1, 0.15) is 5.78 Å². The highest BCUT2D eigenvalue weighted by Crippen LogP contribution is 2.13. The van der Waals surface area contributed by atoms with Crippen LogP contribution in [-0.2, 0) is 4.79 Å². The van der Waals surface area contributed by atoms with Crippen molar-refractivity contribution in [1.82, 2.24) is 0 Å². The number of rotatable bonds is 2. The number of benzene rings is 1. The minimum atomic E-state index is 0.343. The molecule has 0 saturated carbocycles. The van der Waals surface area contributed by atoms with Crippen LogP contribution in [0.15, 0.2) is 24.3 Å². The Hall–Kier alpha value is -0.530. The number of ketones is 1. The van der Waals surface area contributed by atoms with Crippen LogP contribution < -0.4 is 0 Å². The van der Waals surface area contributed by atoms with Gasteiger partial charge in [-0.25, -0.2) is 0 Å². The van der Waals surface area contributed by atoms with Crippen LogP contribution in [0.25, 0.3) is 0 Å². The first kappa shape index (κ1) is 13.5. The Morgan fingerprint density at radius 2 is 1.57 bits per heavy atom. The molecular weight excluding hydrogens is 219 g/mol. The summed E-state index contributed by atoms with van der Waals surface area (Å²) in [5, 5.41) is 1.36. The molecular formula is C11H14Cl2O. The highest BCUT2D eigenvalue weighted by atomic mass is 35.5. The highest BCUT2D eigenvalue weighted by Gasteiger charge is 1.86. The molecule has 0 N–H and O–H groups in total. The largest absolute Gasteiger partial charge is 0.300 e. The smallest absolute Gasteiger partial charge is 0.132 e. The third kappa shape index (κ3) is 6.93. The van der Waals surface area contributed by atoms with Gasteiger partial charge in [0.05, 0.1) is 0 Å². The van der Waals surface area contributed by atoms with Crippen LogP contribution in [0.3, 0.4) is 0 Å². The molecule has 3 heteroatoms. The van der Waals surface area contributed by atoms with Crippen LogP contribution in [0.2, 0.25) is 10.0 Å². The van der Waals surface area contributed by atoms with Gasteiger partial charge in [0.25, 0.3) is 0 Å². The van der Waals surface area contributed by atoms with Gasteiger partial charge >= 0.3 is 0 Å². The molecule has 1 aromatic carbocycles. The second-order valence-electron chi connectivity index (χ2n) is 2.69. The van der Waals surface area contributed by atoms with Gasteiger partial charge in [-0.2, -0.15) is 0 Å². The molecule has 0 spiro atoms. The number of Topliss-reactive ketones (excluding diaryl/α,β-unsaturated/α-hetero) is 1. The van der Waals surface area contributed by atoms with E-state index in [0.717, 1.165) is 0 Å². The Morgan fingerprint density at radius 1 is 1.14 bits per heavy atom. The zero-order valence-corrected chi connectivity index (χ0v) is 9.90. The maximum atomic E-state index is 10.2. The SMILES string of the molecule is CCC(=O)CC.Clc1cccc(Cl)c1. The summed E-state index contributed by atoms with van der Waals surface area (Å²) in [5.74, 6) is 0.343. The van der Waals surface area contributed by atoms with Gasteiger partial charge in [-0.3, -0.25) is 4.79 Å². The standard InChI is InChI=1S/C6H4Cl2.C5H10O/c7-5-2-1-3-6(8)4-5;1-3-5(6)4-2/h1-4H;3-4H2,1-2H3. The average molecular weight is 233 g/mol. The molecule has 0 aliphatic rings. The predicted octanol–water partition coefficient (Wildman–Crippen LogP) is 4.37. The molecule has 78 valence electrons. The lowest BCUT2D eigenvalue weighted by Crippen LogP contribution is -1.88. The van der Waals surface area contributed by atoms with Crippen LogP contribution in [0, 0.1) is 0 Å². The van der Waals surface area contributed by atoms with E-state index in [9.17, 15) is 4.79 Å². The molecule has 0 saturated heterocycles. The van der Waals surface area contributed by atoms with E-state index >= 15 is 0 Å². The Kier molecular flexibility index (Phi) is 7.54. The van der Waals surface area contributed by atoms with Crippen molar-refractivity contribution in [2.45, 2.75) is 26.7 Å². The van der Waals surface area contributed by atoms with Crippen molar-refractivity contribution in [3.63, 3.8) is 0 Å². The number of carbonyl (C=O) groups excluding carboxylic acids is 1. The van der Waals surface area contributed by atoms with Gasteiger partial charge in [0.2, 0.25) is 0 Å². The molecule has 1 nitrogen and oxygen atoms in total. The molecule has 0 heterocycles. The molecule has 0 radical (unpaired) electrons. The van der Waals surface area contributed by atoms with Crippen molar-refractivity contribution < 1.29 is 4.79 Å². The number of hydrogen-bond donors (Lipinski definition) is 0. The van der Waals surface area contributed by atoms with Crippen molar-refractivity contribution >= 4 is 29.0 Å². The summed E-state index contributed by atoms with van der Waals surface area (Å²) in [4.78, 5) is 10.2. The molecule has 0 bridgehead atoms. The summed E-state index contributed by atoms with van der Waals surface area (Å²) < 4.78 is 0. The second kappa shape index (κ2) is 7.84. The van der Waals surface area contributed by atoms with Crippen LogP contribution in [-0.4, -0.2) is 5.78 Å². The van der Waals surface area contributed by atoms with Crippen molar-refractivity contribution in [1.29, 1.82) is 0 Å². The molecule has 0 amide bonds. The van der Waals surface area contributed by atoms with Gasteiger partial charge in [-0.1, -0.05) is 43.1 Å². The summed E-state index contributed by atoms with van der Waals surface area (Å²) >= 11 is 11.1. The van der Waals surface area contributed by atoms with Crippen molar-refractivity contribution in [2.75, 3.05) is 0 Å². The van der Waals surface area contributed by atoms with E-state index in [1.54, 1.807) is 18.2 Å². The third-order valence-electron chi connectivity index (χ3n) is 1.58. The summed E-state index contributed by atoms with van der Waals surface area (Å²) in [6.45, 7) is 3.76. The Bertz CT molecular complexity index is 261. The molecule has 0 atom stereocenters. The lowest BCUT2D eigenvalue weighted by molar-refractivity contribution is -0.118. The normalized spacial score (nSPS) is 8.86. The van der Waals surface area contributed by atoms with E-state index < -0.39 is 0 Å². The second-order valence-corrected chi connectivity index (χ2v) is 3.56. The third-order valence-corrected chi connectivity index (χ3v) is 2.05. The van der Waals surface area contributed by atoms with E-state index in [2.05, 4.69) is 0 Å². The first-order valence-electron chi connectivity index (χ1n) is 4.52. The van der Waals surface area contributed by atoms with Gasteiger partial charge in [-0.15, -0.1) is 0 Å². The summed E-state index contributed by atoms with van der Waals surface area (Å²) in [6.07, 6.45) is 1.38. The van der Waals surface area contributed by atoms with E-state index in [-0.39, 0.29) is 0 Å². The Balaban J connectivity index is 0.000000255. The molecule has 14 heavy (non-hydrogen) atoms. The first-order chi connectivity index (χ1) is 6.60. The molecule has 0 unspecified atom stereocenters. The first-order valence-corrected chi connectivity index (χ1v) is 5.28. The molecule has 1 rings (SSSR count). The average Bonchev–Trinajstić information content (AvgIpc) is 2.17. The summed E-state index contributed by atoms with van der Waals surface area (Å²) in [6, 6.07) is 7.08. The maximum Gasteiger partial charge on any atom is 0.132 e. The zero-order valence-electron chi connectivity index (χ0n) is 8.39. The van der Waals surface area contributed by atoms with E-state index in [1.807, 2.05) is 19.9 Å². The topological polar surface area (TPSA) is 17.1 Å². The maximum absolute atomic E-state index is 10.2. The minimum Gasteiger partial charge on any atom is -0.300 e. The van der Waals surface area contributed by atoms with E-state index in [1.165, 1.54) is 0 Å². The zero-order chi connectivity index (χ0) is 11.0. The fourth-order valence-corrected chi connectivity index (χ4v) is 1.15. The van der Waals surface area contributed by atoms with Crippen molar-refractivity contribution in [3.8, 4) is 0 Å². The summed E-state index contributed by atoms with van der Waals surface area (Å²) in [7, 11) is 0. The number of carbonyl (C=O) groups is 1. The quantitative estimate of drug-likeness (QED) is 0.741. The Labute approximate surface area is 95.0 Å². The summed E-state index contributed by atoms with van der Waals surface area (Å²) in [5.41, 5.74) is 0. The molecule has 0 aliphatic heterocycles. The van der Waals surface area contributed by atoms with Gasteiger partial charge in [0, 0.05) is 22.9 Å². The molecule has 0 aliphatic carbocycles. The fraction of sp³-hybridized carbons (Fsp3) is 0.364. The van der Waals surface area contributed by atoms with Gasteiger partial charge in [-0.05, 0) is 18.2 Å². The van der Waals surface area contributed by atoms with Gasteiger partial charge < -0.3 is 0 Å². The lowest BCUT2D eigenvalue weighted by Gasteiger charge is -1.86. The van der Waals surface area contributed by atoms with Crippen LogP contribution in [0.5, 0.6) is 0 Å². The number of hydrogen-bond acceptors (Lipinski definition) is 1. The Morgan fingerprint density at radius 3 is 1.71 bits per heavy atom. The number of halogens is 2. The van der Waals surface area contributed by atoms with Crippen molar-refractivity contribution in [3.05, 3.63) is 34.3 Å². The van der Waals surface area contributed by atoms with Crippen LogP contribution in [0.1, 0.15) is 26.7 Å². The monoisotopic (exact) mass is 232 g/mol. The predicted molar refractivity (Wildman–Crippen MR) is 62.1 cm³/mol. The molecule has 0 aromatic heterocycles. The van der Waals surface area contributed by atoms with E-state index in [0.29, 0.717) is 28.7 Å². The lowest BCUT2D eigenvalue weighted by atomic mass is 10.3. The van der Waals surface area contributed by atoms with Crippen LogP contribution in [0.4, 0.5) is 0 Å².